The van der Waals surface area contributed by atoms with Gasteiger partial charge in [-0.1, -0.05) is 23.0 Å². The predicted molar refractivity (Wildman–Crippen MR) is 164 cm³/mol. The summed E-state index contributed by atoms with van der Waals surface area (Å²) in [7, 11) is 0. The number of carboxylic acid groups (broad SMARTS) is 1. The van der Waals surface area contributed by atoms with E-state index in [0.29, 0.717) is 53.1 Å². The lowest BCUT2D eigenvalue weighted by atomic mass is 9.87. The number of aryl methyl sites for hydroxylation is 2. The van der Waals surface area contributed by atoms with Gasteiger partial charge >= 0.3 is 18.2 Å². The Hall–Kier alpha value is -3.98. The van der Waals surface area contributed by atoms with Crippen LogP contribution < -0.4 is 10.6 Å². The number of likely N-dealkylation sites (tertiary alicyclic amines) is 1. The van der Waals surface area contributed by atoms with E-state index in [9.17, 15) is 37.5 Å². The van der Waals surface area contributed by atoms with Crippen LogP contribution in [-0.2, 0) is 9.59 Å². The number of anilines is 1. The number of halogens is 3. The number of aliphatic carboxylic acids is 1. The first-order valence-corrected chi connectivity index (χ1v) is 15.4. The molecule has 2 aromatic heterocycles. The number of nitrogens with zero attached hydrogens (tertiary/aromatic N) is 2. The van der Waals surface area contributed by atoms with E-state index in [0.717, 1.165) is 21.7 Å². The molecular formula is C30H31F3N4O6S2. The van der Waals surface area contributed by atoms with Crippen LogP contribution in [0.2, 0.25) is 0 Å². The normalized spacial score (nSPS) is 16.0. The number of carbonyl (C=O) groups is 5. The van der Waals surface area contributed by atoms with Crippen molar-refractivity contribution < 1.29 is 42.3 Å². The zero-order valence-electron chi connectivity index (χ0n) is 24.8. The maximum Gasteiger partial charge on any atom is 0.446 e. The maximum atomic E-state index is 13.9. The van der Waals surface area contributed by atoms with E-state index in [4.69, 9.17) is 4.79 Å². The SMILES string of the molecule is Cc1ccc2c(c1)C(=O)CC1(CCN(C(=O)c3c(NC(=O)NC(C)(C)C(=O)O)sc4nc(C)ccc34)CC1)S2.O=CC(F)(F)F. The van der Waals surface area contributed by atoms with Gasteiger partial charge in [0.1, 0.15) is 15.4 Å². The average Bonchev–Trinajstić information content (AvgIpc) is 3.29. The molecule has 45 heavy (non-hydrogen) atoms. The molecule has 240 valence electrons. The molecule has 1 fully saturated rings. The van der Waals surface area contributed by atoms with Crippen molar-refractivity contribution in [3.05, 3.63) is 52.7 Å². The Morgan fingerprint density at radius 1 is 1.09 bits per heavy atom. The summed E-state index contributed by atoms with van der Waals surface area (Å²) in [6.45, 7) is 7.56. The van der Waals surface area contributed by atoms with E-state index in [1.807, 2.05) is 44.2 Å². The van der Waals surface area contributed by atoms with E-state index in [1.165, 1.54) is 25.2 Å². The minimum atomic E-state index is -4.64. The lowest BCUT2D eigenvalue weighted by Gasteiger charge is -2.43. The monoisotopic (exact) mass is 664 g/mol. The Balaban J connectivity index is 0.000000700. The van der Waals surface area contributed by atoms with Crippen LogP contribution in [0.5, 0.6) is 0 Å². The number of aromatic nitrogens is 1. The van der Waals surface area contributed by atoms with Crippen LogP contribution in [0.15, 0.2) is 35.2 Å². The van der Waals surface area contributed by atoms with Gasteiger partial charge in [-0.3, -0.25) is 19.7 Å². The number of amides is 3. The number of rotatable bonds is 4. The third kappa shape index (κ3) is 7.82. The molecule has 3 aromatic rings. The van der Waals surface area contributed by atoms with E-state index < -0.39 is 30.0 Å². The number of thiophene rings is 1. The quantitative estimate of drug-likeness (QED) is 0.288. The standard InChI is InChI=1S/C28H30N4O5S2.C2HF3O/c1-15-5-8-20-18(13-15)19(33)14-28(39-20)9-11-32(12-10-28)24(34)21-17-7-6-16(2)29-22(17)38-23(21)30-26(37)31-27(3,4)25(35)36;3-2(4,5)1-6/h5-8,13H,9-12,14H2,1-4H3,(H,35,36)(H2,30,31,37);1H. The van der Waals surface area contributed by atoms with E-state index in [-0.39, 0.29) is 16.4 Å². The number of hydrogen-bond donors (Lipinski definition) is 3. The number of pyridine rings is 1. The lowest BCUT2D eigenvalue weighted by Crippen LogP contribution is -2.51. The first-order chi connectivity index (χ1) is 20.9. The number of urea groups is 1. The Kier molecular flexibility index (Phi) is 9.64. The van der Waals surface area contributed by atoms with Gasteiger partial charge in [-0.25, -0.2) is 14.6 Å². The fraction of sp³-hybridized carbons (Fsp3) is 0.400. The minimum absolute atomic E-state index is 0.152. The number of ketones is 1. The van der Waals surface area contributed by atoms with Crippen molar-refractivity contribution in [3.63, 3.8) is 0 Å². The number of alkyl halides is 3. The van der Waals surface area contributed by atoms with Gasteiger partial charge in [0, 0.05) is 45.8 Å². The molecule has 5 rings (SSSR count). The Morgan fingerprint density at radius 3 is 2.33 bits per heavy atom. The summed E-state index contributed by atoms with van der Waals surface area (Å²) in [6, 6.07) is 8.92. The number of carboxylic acids is 1. The maximum absolute atomic E-state index is 13.9. The number of thioether (sulfide) groups is 1. The van der Waals surface area contributed by atoms with Gasteiger partial charge in [0.25, 0.3) is 5.91 Å². The second-order valence-electron chi connectivity index (χ2n) is 11.5. The van der Waals surface area contributed by atoms with Crippen LogP contribution in [0.3, 0.4) is 0 Å². The topological polar surface area (TPSA) is 146 Å². The first-order valence-electron chi connectivity index (χ1n) is 13.8. The number of hydrogen-bond acceptors (Lipinski definition) is 8. The summed E-state index contributed by atoms with van der Waals surface area (Å²) in [6.07, 6.45) is -3.89. The fourth-order valence-electron chi connectivity index (χ4n) is 5.01. The molecule has 2 aliphatic rings. The van der Waals surface area contributed by atoms with Crippen LogP contribution in [0.4, 0.5) is 23.0 Å². The molecule has 1 saturated heterocycles. The number of Topliss-reactive ketones (excluding diaryl/α,β-unsaturated/α-hetero) is 1. The molecule has 10 nitrogen and oxygen atoms in total. The highest BCUT2D eigenvalue weighted by Gasteiger charge is 2.43. The smallest absolute Gasteiger partial charge is 0.446 e. The van der Waals surface area contributed by atoms with Crippen molar-refractivity contribution in [2.24, 2.45) is 0 Å². The van der Waals surface area contributed by atoms with Crippen molar-refractivity contribution in [2.45, 2.75) is 68.3 Å². The molecule has 3 amide bonds. The summed E-state index contributed by atoms with van der Waals surface area (Å²) in [5, 5.41) is 15.5. The van der Waals surface area contributed by atoms with Gasteiger partial charge in [0.05, 0.1) is 5.56 Å². The van der Waals surface area contributed by atoms with Gasteiger partial charge in [-0.15, -0.1) is 11.8 Å². The van der Waals surface area contributed by atoms with Gasteiger partial charge < -0.3 is 15.3 Å². The third-order valence-corrected chi connectivity index (χ3v) is 10.0. The summed E-state index contributed by atoms with van der Waals surface area (Å²) < 4.78 is 31.0. The van der Waals surface area contributed by atoms with E-state index in [1.54, 1.807) is 16.7 Å². The molecule has 15 heteroatoms. The molecule has 1 spiro atoms. The van der Waals surface area contributed by atoms with Crippen molar-refractivity contribution >= 4 is 68.3 Å². The van der Waals surface area contributed by atoms with Crippen LogP contribution in [0, 0.1) is 13.8 Å². The zero-order chi connectivity index (χ0) is 33.3. The highest BCUT2D eigenvalue weighted by Crippen LogP contribution is 2.49. The Morgan fingerprint density at radius 2 is 1.73 bits per heavy atom. The molecule has 0 aliphatic carbocycles. The lowest BCUT2D eigenvalue weighted by molar-refractivity contribution is -0.156. The first kappa shape index (κ1) is 33.9. The Labute approximate surface area is 264 Å². The molecule has 0 atom stereocenters. The number of piperidine rings is 1. The van der Waals surface area contributed by atoms with E-state index in [2.05, 4.69) is 15.6 Å². The second kappa shape index (κ2) is 12.8. The van der Waals surface area contributed by atoms with Crippen molar-refractivity contribution in [2.75, 3.05) is 18.4 Å². The summed E-state index contributed by atoms with van der Waals surface area (Å²) in [5.74, 6) is -1.25. The van der Waals surface area contributed by atoms with Crippen LogP contribution in [0.25, 0.3) is 10.2 Å². The number of carbonyl (C=O) groups excluding carboxylic acids is 4. The molecule has 4 heterocycles. The zero-order valence-corrected chi connectivity index (χ0v) is 26.5. The summed E-state index contributed by atoms with van der Waals surface area (Å²) >= 11 is 2.93. The number of benzene rings is 1. The largest absolute Gasteiger partial charge is 0.480 e. The molecule has 2 aliphatic heterocycles. The van der Waals surface area contributed by atoms with Crippen molar-refractivity contribution in [1.29, 1.82) is 0 Å². The van der Waals surface area contributed by atoms with Gasteiger partial charge in [0.2, 0.25) is 6.29 Å². The number of nitrogens with one attached hydrogen (secondary N) is 2. The summed E-state index contributed by atoms with van der Waals surface area (Å²) in [5.41, 5.74) is 1.48. The highest BCUT2D eigenvalue weighted by atomic mass is 32.2. The molecular weight excluding hydrogens is 633 g/mol. The van der Waals surface area contributed by atoms with E-state index >= 15 is 0 Å². The minimum Gasteiger partial charge on any atom is -0.480 e. The molecule has 0 saturated carbocycles. The van der Waals surface area contributed by atoms with Crippen LogP contribution in [-0.4, -0.2) is 74.5 Å². The Bertz CT molecular complexity index is 1680. The van der Waals surface area contributed by atoms with Crippen molar-refractivity contribution in [3.8, 4) is 0 Å². The van der Waals surface area contributed by atoms with Gasteiger partial charge in [-0.2, -0.15) is 13.2 Å². The number of aldehydes is 1. The highest BCUT2D eigenvalue weighted by molar-refractivity contribution is 8.01. The molecule has 1 aromatic carbocycles. The fourth-order valence-corrected chi connectivity index (χ4v) is 7.59. The van der Waals surface area contributed by atoms with Crippen LogP contribution in [0.1, 0.15) is 65.1 Å². The average molecular weight is 665 g/mol. The summed E-state index contributed by atoms with van der Waals surface area (Å²) in [4.78, 5) is 67.7. The molecule has 0 bridgehead atoms. The van der Waals surface area contributed by atoms with Gasteiger partial charge in [-0.05, 0) is 64.8 Å². The second-order valence-corrected chi connectivity index (χ2v) is 14.0. The predicted octanol–water partition coefficient (Wildman–Crippen LogP) is 6.00. The van der Waals surface area contributed by atoms with Crippen molar-refractivity contribution in [1.82, 2.24) is 15.2 Å². The van der Waals surface area contributed by atoms with Gasteiger partial charge in [0.15, 0.2) is 5.78 Å². The van der Waals surface area contributed by atoms with Crippen LogP contribution >= 0.6 is 23.1 Å². The third-order valence-electron chi connectivity index (χ3n) is 7.44. The molecule has 3 N–H and O–H groups in total. The number of fused-ring (bicyclic) bond motifs is 2. The molecule has 0 radical (unpaired) electrons. The molecule has 0 unspecified atom stereocenters.